The maximum absolute atomic E-state index is 12.3. The maximum atomic E-state index is 12.3. The van der Waals surface area contributed by atoms with Crippen LogP contribution in [0.25, 0.3) is 11.5 Å². The summed E-state index contributed by atoms with van der Waals surface area (Å²) in [6.45, 7) is 3.98. The van der Waals surface area contributed by atoms with Crippen LogP contribution in [-0.4, -0.2) is 70.5 Å². The Morgan fingerprint density at radius 3 is 2.59 bits per heavy atom. The van der Waals surface area contributed by atoms with Gasteiger partial charge in [-0.15, -0.1) is 10.2 Å². The summed E-state index contributed by atoms with van der Waals surface area (Å²) in [4.78, 5) is 27.2. The van der Waals surface area contributed by atoms with E-state index in [9.17, 15) is 9.59 Å². The number of nitrogens with zero attached hydrogens (tertiary/aromatic N) is 4. The molecule has 2 aromatic rings. The van der Waals surface area contributed by atoms with E-state index in [1.807, 2.05) is 6.07 Å². The minimum absolute atomic E-state index is 0.00830. The van der Waals surface area contributed by atoms with E-state index >= 15 is 0 Å². The summed E-state index contributed by atoms with van der Waals surface area (Å²) in [5.74, 6) is 1.92. The molecule has 0 saturated carbocycles. The standard InChI is InChI=1S/C17H18N4O5S/c1-11(22)20-4-6-21(7-5-20)15(23)9-27-17-19-18-16(26-17)12-2-3-13-14(8-12)25-10-24-13/h2-3,8H,4-7,9-10H2,1H3. The second-order valence-electron chi connectivity index (χ2n) is 6.12. The Morgan fingerprint density at radius 1 is 1.07 bits per heavy atom. The molecule has 0 unspecified atom stereocenters. The van der Waals surface area contributed by atoms with Crippen molar-refractivity contribution in [3.05, 3.63) is 18.2 Å². The van der Waals surface area contributed by atoms with Crippen LogP contribution in [0.1, 0.15) is 6.92 Å². The van der Waals surface area contributed by atoms with E-state index in [1.165, 1.54) is 11.8 Å². The second-order valence-corrected chi connectivity index (χ2v) is 7.04. The van der Waals surface area contributed by atoms with Crippen LogP contribution in [0.15, 0.2) is 27.8 Å². The first kappa shape index (κ1) is 17.7. The number of hydrogen-bond acceptors (Lipinski definition) is 8. The van der Waals surface area contributed by atoms with Crippen molar-refractivity contribution in [1.82, 2.24) is 20.0 Å². The smallest absolute Gasteiger partial charge is 0.277 e. The molecular weight excluding hydrogens is 372 g/mol. The molecule has 0 spiro atoms. The fourth-order valence-electron chi connectivity index (χ4n) is 2.90. The van der Waals surface area contributed by atoms with Crippen molar-refractivity contribution in [3.63, 3.8) is 0 Å². The van der Waals surface area contributed by atoms with E-state index in [0.717, 1.165) is 5.56 Å². The summed E-state index contributed by atoms with van der Waals surface area (Å²) in [6.07, 6.45) is 0. The van der Waals surface area contributed by atoms with Gasteiger partial charge in [0.2, 0.25) is 24.5 Å². The molecular formula is C17H18N4O5S. The Labute approximate surface area is 159 Å². The Bertz CT molecular complexity index is 863. The molecule has 9 nitrogen and oxygen atoms in total. The largest absolute Gasteiger partial charge is 0.454 e. The molecule has 1 fully saturated rings. The number of benzene rings is 1. The molecule has 4 rings (SSSR count). The van der Waals surface area contributed by atoms with Gasteiger partial charge in [0, 0.05) is 38.7 Å². The molecule has 0 aliphatic carbocycles. The van der Waals surface area contributed by atoms with Crippen molar-refractivity contribution in [2.45, 2.75) is 12.1 Å². The Hall–Kier alpha value is -2.75. The van der Waals surface area contributed by atoms with Gasteiger partial charge < -0.3 is 23.7 Å². The molecule has 1 saturated heterocycles. The van der Waals surface area contributed by atoms with Gasteiger partial charge in [-0.3, -0.25) is 9.59 Å². The van der Waals surface area contributed by atoms with E-state index in [-0.39, 0.29) is 24.4 Å². The topological polar surface area (TPSA) is 98.0 Å². The van der Waals surface area contributed by atoms with Crippen LogP contribution in [0.5, 0.6) is 11.5 Å². The maximum Gasteiger partial charge on any atom is 0.277 e. The van der Waals surface area contributed by atoms with E-state index in [0.29, 0.717) is 48.8 Å². The fourth-order valence-corrected chi connectivity index (χ4v) is 3.57. The third-order valence-corrected chi connectivity index (χ3v) is 5.23. The molecule has 27 heavy (non-hydrogen) atoms. The lowest BCUT2D eigenvalue weighted by Crippen LogP contribution is -2.50. The van der Waals surface area contributed by atoms with Crippen LogP contribution >= 0.6 is 11.8 Å². The summed E-state index contributed by atoms with van der Waals surface area (Å²) in [6, 6.07) is 5.39. The lowest BCUT2D eigenvalue weighted by atomic mass is 10.2. The number of carbonyl (C=O) groups is 2. The number of carbonyl (C=O) groups excluding carboxylic acids is 2. The van der Waals surface area contributed by atoms with Gasteiger partial charge in [-0.2, -0.15) is 0 Å². The molecule has 3 heterocycles. The van der Waals surface area contributed by atoms with Crippen molar-refractivity contribution >= 4 is 23.6 Å². The second kappa shape index (κ2) is 7.47. The first-order valence-electron chi connectivity index (χ1n) is 8.50. The third-order valence-electron chi connectivity index (χ3n) is 4.42. The number of hydrogen-bond donors (Lipinski definition) is 0. The number of fused-ring (bicyclic) bond motifs is 1. The summed E-state index contributed by atoms with van der Waals surface area (Å²) in [5, 5.41) is 8.35. The molecule has 142 valence electrons. The van der Waals surface area contributed by atoms with E-state index in [4.69, 9.17) is 13.9 Å². The zero-order chi connectivity index (χ0) is 18.8. The van der Waals surface area contributed by atoms with Gasteiger partial charge >= 0.3 is 0 Å². The van der Waals surface area contributed by atoms with Crippen molar-refractivity contribution in [2.24, 2.45) is 0 Å². The highest BCUT2D eigenvalue weighted by Crippen LogP contribution is 2.36. The number of amides is 2. The van der Waals surface area contributed by atoms with Crippen molar-refractivity contribution in [2.75, 3.05) is 38.7 Å². The fraction of sp³-hybridized carbons (Fsp3) is 0.412. The highest BCUT2D eigenvalue weighted by molar-refractivity contribution is 7.99. The Morgan fingerprint density at radius 2 is 1.81 bits per heavy atom. The van der Waals surface area contributed by atoms with Gasteiger partial charge in [-0.25, -0.2) is 0 Å². The van der Waals surface area contributed by atoms with Crippen molar-refractivity contribution in [1.29, 1.82) is 0 Å². The van der Waals surface area contributed by atoms with E-state index in [2.05, 4.69) is 10.2 Å². The first-order valence-corrected chi connectivity index (χ1v) is 9.48. The van der Waals surface area contributed by atoms with Gasteiger partial charge in [0.25, 0.3) is 5.22 Å². The summed E-state index contributed by atoms with van der Waals surface area (Å²) in [5.41, 5.74) is 0.727. The van der Waals surface area contributed by atoms with Crippen LogP contribution in [0.4, 0.5) is 0 Å². The van der Waals surface area contributed by atoms with Crippen molar-refractivity contribution in [3.8, 4) is 23.0 Å². The molecule has 2 aliphatic rings. The summed E-state index contributed by atoms with van der Waals surface area (Å²) >= 11 is 1.20. The molecule has 2 aliphatic heterocycles. The average molecular weight is 390 g/mol. The van der Waals surface area contributed by atoms with Gasteiger partial charge in [0.1, 0.15) is 0 Å². The highest BCUT2D eigenvalue weighted by Gasteiger charge is 2.23. The monoisotopic (exact) mass is 390 g/mol. The molecule has 0 radical (unpaired) electrons. The molecule has 0 N–H and O–H groups in total. The SMILES string of the molecule is CC(=O)N1CCN(C(=O)CSc2nnc(-c3ccc4c(c3)OCO4)o2)CC1. The average Bonchev–Trinajstić information content (AvgIpc) is 3.34. The first-order chi connectivity index (χ1) is 13.1. The highest BCUT2D eigenvalue weighted by atomic mass is 32.2. The van der Waals surface area contributed by atoms with Gasteiger partial charge in [0.05, 0.1) is 5.75 Å². The number of ether oxygens (including phenoxy) is 2. The van der Waals surface area contributed by atoms with Crippen LogP contribution in [0.3, 0.4) is 0 Å². The Balaban J connectivity index is 1.32. The quantitative estimate of drug-likeness (QED) is 0.720. The zero-order valence-corrected chi connectivity index (χ0v) is 15.5. The lowest BCUT2D eigenvalue weighted by Gasteiger charge is -2.34. The molecule has 0 bridgehead atoms. The van der Waals surface area contributed by atoms with Crippen LogP contribution in [0, 0.1) is 0 Å². The minimum atomic E-state index is -0.00830. The van der Waals surface area contributed by atoms with Crippen molar-refractivity contribution < 1.29 is 23.5 Å². The number of rotatable bonds is 4. The van der Waals surface area contributed by atoms with Gasteiger partial charge in [0.15, 0.2) is 11.5 Å². The molecule has 1 aromatic carbocycles. The number of piperazine rings is 1. The van der Waals surface area contributed by atoms with Gasteiger partial charge in [-0.1, -0.05) is 11.8 Å². The Kier molecular flexibility index (Phi) is 4.88. The summed E-state index contributed by atoms with van der Waals surface area (Å²) in [7, 11) is 0. The molecule has 2 amide bonds. The third kappa shape index (κ3) is 3.85. The normalized spacial score (nSPS) is 15.9. The predicted molar refractivity (Wildman–Crippen MR) is 95.4 cm³/mol. The number of thioether (sulfide) groups is 1. The molecule has 0 atom stereocenters. The number of aromatic nitrogens is 2. The molecule has 1 aromatic heterocycles. The van der Waals surface area contributed by atoms with Crippen LogP contribution in [0.2, 0.25) is 0 Å². The van der Waals surface area contributed by atoms with Gasteiger partial charge in [-0.05, 0) is 18.2 Å². The van der Waals surface area contributed by atoms with Crippen LogP contribution < -0.4 is 9.47 Å². The lowest BCUT2D eigenvalue weighted by molar-refractivity contribution is -0.136. The van der Waals surface area contributed by atoms with E-state index < -0.39 is 0 Å². The predicted octanol–water partition coefficient (Wildman–Crippen LogP) is 1.25. The zero-order valence-electron chi connectivity index (χ0n) is 14.7. The van der Waals surface area contributed by atoms with E-state index in [1.54, 1.807) is 28.9 Å². The summed E-state index contributed by atoms with van der Waals surface area (Å²) < 4.78 is 16.3. The molecule has 10 heteroatoms. The van der Waals surface area contributed by atoms with Crippen LogP contribution in [-0.2, 0) is 9.59 Å². The minimum Gasteiger partial charge on any atom is -0.454 e.